The van der Waals surface area contributed by atoms with Crippen LogP contribution >= 0.6 is 0 Å². The first-order valence-electron chi connectivity index (χ1n) is 8.01. The van der Waals surface area contributed by atoms with Crippen LogP contribution in [0, 0.1) is 5.82 Å². The first-order chi connectivity index (χ1) is 12.5. The molecule has 136 valence electrons. The van der Waals surface area contributed by atoms with E-state index >= 15 is 0 Å². The molecule has 0 fully saturated rings. The summed E-state index contributed by atoms with van der Waals surface area (Å²) in [7, 11) is 4.49. The standard InChI is InChI=1S/C19H19FN2O4/c1-21-15-7-5-4-6-13(15)19(24)22(11-18(21)23)10-12-8-16(25-2)17(26-3)9-14(12)20/h4-9H,10-11H2,1-3H3. The zero-order valence-electron chi connectivity index (χ0n) is 14.8. The summed E-state index contributed by atoms with van der Waals surface area (Å²) < 4.78 is 24.7. The van der Waals surface area contributed by atoms with Gasteiger partial charge in [0.1, 0.15) is 12.4 Å². The quantitative estimate of drug-likeness (QED) is 0.842. The zero-order valence-corrected chi connectivity index (χ0v) is 14.8. The van der Waals surface area contributed by atoms with Gasteiger partial charge in [-0.15, -0.1) is 0 Å². The van der Waals surface area contributed by atoms with Crippen LogP contribution in [-0.4, -0.2) is 44.5 Å². The highest BCUT2D eigenvalue weighted by Crippen LogP contribution is 2.31. The number of carbonyl (C=O) groups excluding carboxylic acids is 2. The molecule has 0 bridgehead atoms. The van der Waals surface area contributed by atoms with Gasteiger partial charge in [0, 0.05) is 25.2 Å². The van der Waals surface area contributed by atoms with Crippen molar-refractivity contribution < 1.29 is 23.5 Å². The Morgan fingerprint density at radius 2 is 1.73 bits per heavy atom. The molecule has 26 heavy (non-hydrogen) atoms. The van der Waals surface area contributed by atoms with Crippen LogP contribution in [0.25, 0.3) is 0 Å². The molecule has 0 saturated heterocycles. The lowest BCUT2D eigenvalue weighted by atomic mass is 10.1. The van der Waals surface area contributed by atoms with E-state index in [2.05, 4.69) is 0 Å². The number of amides is 2. The Morgan fingerprint density at radius 3 is 2.42 bits per heavy atom. The predicted molar refractivity (Wildman–Crippen MR) is 94.1 cm³/mol. The largest absolute Gasteiger partial charge is 0.493 e. The minimum atomic E-state index is -0.534. The number of likely N-dealkylation sites (N-methyl/N-ethyl adjacent to an activating group) is 1. The van der Waals surface area contributed by atoms with Crippen LogP contribution in [0.5, 0.6) is 11.5 Å². The summed E-state index contributed by atoms with van der Waals surface area (Å²) in [4.78, 5) is 28.1. The fraction of sp³-hybridized carbons (Fsp3) is 0.263. The third kappa shape index (κ3) is 3.08. The maximum absolute atomic E-state index is 14.4. The number of carbonyl (C=O) groups is 2. The number of para-hydroxylation sites is 1. The Hall–Kier alpha value is -3.09. The van der Waals surface area contributed by atoms with E-state index in [1.54, 1.807) is 31.3 Å². The molecule has 0 spiro atoms. The predicted octanol–water partition coefficient (Wildman–Crippen LogP) is 2.46. The fourth-order valence-corrected chi connectivity index (χ4v) is 2.94. The van der Waals surface area contributed by atoms with Crippen molar-refractivity contribution in [1.29, 1.82) is 0 Å². The highest BCUT2D eigenvalue weighted by Gasteiger charge is 2.30. The van der Waals surface area contributed by atoms with Gasteiger partial charge in [0.2, 0.25) is 5.91 Å². The van der Waals surface area contributed by atoms with Gasteiger partial charge in [-0.05, 0) is 18.2 Å². The molecule has 7 heteroatoms. The molecule has 2 aromatic rings. The molecule has 0 aromatic heterocycles. The third-order valence-corrected chi connectivity index (χ3v) is 4.40. The molecular weight excluding hydrogens is 339 g/mol. The number of methoxy groups -OCH3 is 2. The van der Waals surface area contributed by atoms with E-state index in [-0.39, 0.29) is 36.2 Å². The van der Waals surface area contributed by atoms with Gasteiger partial charge in [-0.25, -0.2) is 4.39 Å². The van der Waals surface area contributed by atoms with E-state index in [9.17, 15) is 14.0 Å². The van der Waals surface area contributed by atoms with Crippen LogP contribution in [0.3, 0.4) is 0 Å². The first-order valence-corrected chi connectivity index (χ1v) is 8.01. The fourth-order valence-electron chi connectivity index (χ4n) is 2.94. The van der Waals surface area contributed by atoms with Crippen molar-refractivity contribution in [3.8, 4) is 11.5 Å². The Balaban J connectivity index is 1.98. The molecule has 2 aromatic carbocycles. The highest BCUT2D eigenvalue weighted by atomic mass is 19.1. The Kier molecular flexibility index (Phi) is 4.79. The average molecular weight is 358 g/mol. The summed E-state index contributed by atoms with van der Waals surface area (Å²) in [6.07, 6.45) is 0. The van der Waals surface area contributed by atoms with Crippen LogP contribution < -0.4 is 14.4 Å². The molecular formula is C19H19FN2O4. The minimum absolute atomic E-state index is 0.0566. The molecule has 0 atom stereocenters. The Morgan fingerprint density at radius 1 is 1.08 bits per heavy atom. The molecule has 1 heterocycles. The van der Waals surface area contributed by atoms with E-state index in [0.717, 1.165) is 0 Å². The van der Waals surface area contributed by atoms with Gasteiger partial charge in [-0.1, -0.05) is 12.1 Å². The van der Waals surface area contributed by atoms with E-state index in [4.69, 9.17) is 9.47 Å². The van der Waals surface area contributed by atoms with Crippen LogP contribution in [0.1, 0.15) is 15.9 Å². The number of benzene rings is 2. The molecule has 3 rings (SSSR count). The Bertz CT molecular complexity index is 869. The number of nitrogens with zero attached hydrogens (tertiary/aromatic N) is 2. The average Bonchev–Trinajstić information content (AvgIpc) is 2.74. The number of rotatable bonds is 4. The Labute approximate surface area is 150 Å². The normalized spacial score (nSPS) is 14.2. The van der Waals surface area contributed by atoms with Gasteiger partial charge in [-0.2, -0.15) is 0 Å². The summed E-state index contributed by atoms with van der Waals surface area (Å²) in [5.41, 5.74) is 1.19. The molecule has 1 aliphatic heterocycles. The van der Waals surface area contributed by atoms with E-state index < -0.39 is 5.82 Å². The van der Waals surface area contributed by atoms with Gasteiger partial charge in [0.15, 0.2) is 11.5 Å². The second kappa shape index (κ2) is 7.03. The van der Waals surface area contributed by atoms with Crippen LogP contribution in [-0.2, 0) is 11.3 Å². The number of anilines is 1. The van der Waals surface area contributed by atoms with E-state index in [0.29, 0.717) is 17.0 Å². The molecule has 0 N–H and O–H groups in total. The second-order valence-electron chi connectivity index (χ2n) is 5.93. The number of fused-ring (bicyclic) bond motifs is 1. The van der Waals surface area contributed by atoms with Crippen LogP contribution in [0.15, 0.2) is 36.4 Å². The summed E-state index contributed by atoms with van der Waals surface area (Å²) in [5.74, 6) is -0.488. The smallest absolute Gasteiger partial charge is 0.256 e. The number of hydrogen-bond donors (Lipinski definition) is 0. The van der Waals surface area contributed by atoms with Gasteiger partial charge in [0.25, 0.3) is 5.91 Å². The van der Waals surface area contributed by atoms with Gasteiger partial charge in [-0.3, -0.25) is 9.59 Å². The van der Waals surface area contributed by atoms with E-state index in [1.165, 1.54) is 36.2 Å². The lowest BCUT2D eigenvalue weighted by Crippen LogP contribution is -2.37. The number of halogens is 1. The topological polar surface area (TPSA) is 59.1 Å². The molecule has 0 aliphatic carbocycles. The minimum Gasteiger partial charge on any atom is -0.493 e. The van der Waals surface area contributed by atoms with Crippen molar-refractivity contribution in [2.24, 2.45) is 0 Å². The van der Waals surface area contributed by atoms with E-state index in [1.807, 2.05) is 0 Å². The molecule has 0 unspecified atom stereocenters. The maximum Gasteiger partial charge on any atom is 0.256 e. The molecule has 0 radical (unpaired) electrons. The SMILES string of the molecule is COc1cc(F)c(CN2CC(=O)N(C)c3ccccc3C2=O)cc1OC. The highest BCUT2D eigenvalue weighted by molar-refractivity contribution is 6.09. The van der Waals surface area contributed by atoms with Crippen molar-refractivity contribution >= 4 is 17.5 Å². The van der Waals surface area contributed by atoms with Gasteiger partial charge in [0.05, 0.1) is 25.5 Å². The first kappa shape index (κ1) is 17.7. The summed E-state index contributed by atoms with van der Waals surface area (Å²) in [6, 6.07) is 9.55. The maximum atomic E-state index is 14.4. The van der Waals surface area contributed by atoms with Gasteiger partial charge >= 0.3 is 0 Å². The molecule has 6 nitrogen and oxygen atoms in total. The summed E-state index contributed by atoms with van der Waals surface area (Å²) in [5, 5.41) is 0. The van der Waals surface area contributed by atoms with Crippen molar-refractivity contribution in [2.75, 3.05) is 32.7 Å². The van der Waals surface area contributed by atoms with Crippen LogP contribution in [0.4, 0.5) is 10.1 Å². The van der Waals surface area contributed by atoms with Crippen molar-refractivity contribution in [2.45, 2.75) is 6.54 Å². The van der Waals surface area contributed by atoms with Crippen LogP contribution in [0.2, 0.25) is 0 Å². The number of ether oxygens (including phenoxy) is 2. The molecule has 1 aliphatic rings. The summed E-state index contributed by atoms with van der Waals surface area (Å²) in [6.45, 7) is -0.198. The van der Waals surface area contributed by atoms with Crippen molar-refractivity contribution in [1.82, 2.24) is 4.90 Å². The lowest BCUT2D eigenvalue weighted by molar-refractivity contribution is -0.119. The molecule has 0 saturated carbocycles. The summed E-state index contributed by atoms with van der Waals surface area (Å²) >= 11 is 0. The lowest BCUT2D eigenvalue weighted by Gasteiger charge is -2.21. The number of hydrogen-bond acceptors (Lipinski definition) is 4. The third-order valence-electron chi connectivity index (χ3n) is 4.40. The monoisotopic (exact) mass is 358 g/mol. The van der Waals surface area contributed by atoms with Gasteiger partial charge < -0.3 is 19.3 Å². The van der Waals surface area contributed by atoms with Crippen molar-refractivity contribution in [3.05, 3.63) is 53.3 Å². The molecule has 2 amide bonds. The van der Waals surface area contributed by atoms with Crippen molar-refractivity contribution in [3.63, 3.8) is 0 Å². The second-order valence-corrected chi connectivity index (χ2v) is 5.93. The zero-order chi connectivity index (χ0) is 18.8.